The van der Waals surface area contributed by atoms with E-state index in [9.17, 15) is 4.79 Å². The lowest BCUT2D eigenvalue weighted by atomic mass is 10.0. The van der Waals surface area contributed by atoms with Crippen LogP contribution in [-0.2, 0) is 14.3 Å². The van der Waals surface area contributed by atoms with Crippen LogP contribution in [0.15, 0.2) is 0 Å². The summed E-state index contributed by atoms with van der Waals surface area (Å²) in [6, 6.07) is 0. The largest absolute Gasteiger partial charge is 0.350 e. The van der Waals surface area contributed by atoms with Crippen LogP contribution in [0.5, 0.6) is 0 Å². The van der Waals surface area contributed by atoms with Crippen molar-refractivity contribution in [3.63, 3.8) is 0 Å². The first kappa shape index (κ1) is 8.20. The molecule has 0 aromatic rings. The molecule has 0 amide bonds. The number of carbonyl (C=O) groups excluding carboxylic acids is 1. The minimum Gasteiger partial charge on any atom is -0.350 e. The summed E-state index contributed by atoms with van der Waals surface area (Å²) in [6.45, 7) is 0.783. The number of hydrogen-bond donors (Lipinski definition) is 0. The van der Waals surface area contributed by atoms with Crippen LogP contribution >= 0.6 is 0 Å². The average molecular weight is 170 g/mol. The highest BCUT2D eigenvalue weighted by molar-refractivity contribution is 5.56. The van der Waals surface area contributed by atoms with Gasteiger partial charge in [0.05, 0.1) is 6.61 Å². The van der Waals surface area contributed by atoms with E-state index in [2.05, 4.69) is 0 Å². The van der Waals surface area contributed by atoms with Crippen molar-refractivity contribution < 1.29 is 14.3 Å². The fourth-order valence-corrected chi connectivity index (χ4v) is 1.97. The summed E-state index contributed by atoms with van der Waals surface area (Å²) in [6.07, 6.45) is 5.61. The minimum atomic E-state index is -0.385. The summed E-state index contributed by atoms with van der Waals surface area (Å²) in [5.41, 5.74) is 0. The maximum atomic E-state index is 10.5. The summed E-state index contributed by atoms with van der Waals surface area (Å²) in [5, 5.41) is 0. The van der Waals surface area contributed by atoms with Crippen molar-refractivity contribution in [2.75, 3.05) is 6.61 Å². The van der Waals surface area contributed by atoms with E-state index in [4.69, 9.17) is 9.47 Å². The Kier molecular flexibility index (Phi) is 2.15. The molecule has 0 saturated carbocycles. The molecule has 2 atom stereocenters. The van der Waals surface area contributed by atoms with Gasteiger partial charge in [0.15, 0.2) is 5.79 Å². The van der Waals surface area contributed by atoms with Gasteiger partial charge in [-0.3, -0.25) is 0 Å². The third kappa shape index (κ3) is 1.39. The van der Waals surface area contributed by atoms with Gasteiger partial charge in [0.2, 0.25) is 0 Å². The van der Waals surface area contributed by atoms with Crippen molar-refractivity contribution in [2.45, 2.75) is 44.0 Å². The monoisotopic (exact) mass is 170 g/mol. The summed E-state index contributed by atoms with van der Waals surface area (Å²) < 4.78 is 11.1. The number of aldehydes is 1. The predicted octanol–water partition coefficient (Wildman–Crippen LogP) is 1.26. The van der Waals surface area contributed by atoms with Crippen LogP contribution < -0.4 is 0 Å². The Balaban J connectivity index is 1.98. The van der Waals surface area contributed by atoms with E-state index >= 15 is 0 Å². The Morgan fingerprint density at radius 2 is 2.25 bits per heavy atom. The molecule has 0 unspecified atom stereocenters. The van der Waals surface area contributed by atoms with Crippen molar-refractivity contribution in [1.82, 2.24) is 0 Å². The zero-order valence-electron chi connectivity index (χ0n) is 7.12. The first-order valence-corrected chi connectivity index (χ1v) is 4.62. The third-order valence-corrected chi connectivity index (χ3v) is 2.64. The Hall–Kier alpha value is -0.410. The van der Waals surface area contributed by atoms with Gasteiger partial charge in [-0.15, -0.1) is 0 Å². The molecule has 68 valence electrons. The molecular weight excluding hydrogens is 156 g/mol. The van der Waals surface area contributed by atoms with E-state index in [0.717, 1.165) is 45.0 Å². The lowest BCUT2D eigenvalue weighted by Gasteiger charge is -2.32. The minimum absolute atomic E-state index is 0.219. The molecule has 0 radical (unpaired) electrons. The zero-order valence-corrected chi connectivity index (χ0v) is 7.12. The van der Waals surface area contributed by atoms with Crippen LogP contribution in [0.4, 0.5) is 0 Å². The van der Waals surface area contributed by atoms with Gasteiger partial charge in [0.1, 0.15) is 12.4 Å². The molecule has 0 aromatic heterocycles. The quantitative estimate of drug-likeness (QED) is 0.556. The number of carbonyl (C=O) groups is 1. The summed E-state index contributed by atoms with van der Waals surface area (Å²) in [4.78, 5) is 10.5. The van der Waals surface area contributed by atoms with E-state index in [1.807, 2.05) is 0 Å². The second-order valence-electron chi connectivity index (χ2n) is 3.55. The van der Waals surface area contributed by atoms with Crippen LogP contribution in [0.2, 0.25) is 0 Å². The lowest BCUT2D eigenvalue weighted by Crippen LogP contribution is -2.36. The smallest absolute Gasteiger partial charge is 0.169 e. The van der Waals surface area contributed by atoms with Crippen LogP contribution in [-0.4, -0.2) is 24.8 Å². The molecule has 2 saturated heterocycles. The second-order valence-corrected chi connectivity index (χ2v) is 3.55. The highest BCUT2D eigenvalue weighted by Crippen LogP contribution is 2.37. The van der Waals surface area contributed by atoms with Crippen molar-refractivity contribution >= 4 is 6.29 Å². The number of ether oxygens (including phenoxy) is 2. The predicted molar refractivity (Wildman–Crippen MR) is 42.7 cm³/mol. The van der Waals surface area contributed by atoms with E-state index in [0.29, 0.717) is 0 Å². The Labute approximate surface area is 72.0 Å². The van der Waals surface area contributed by atoms with Crippen LogP contribution in [0.1, 0.15) is 32.1 Å². The maximum absolute atomic E-state index is 10.5. The summed E-state index contributed by atoms with van der Waals surface area (Å²) >= 11 is 0. The van der Waals surface area contributed by atoms with E-state index in [1.165, 1.54) is 0 Å². The normalized spacial score (nSPS) is 41.8. The zero-order chi connectivity index (χ0) is 8.44. The Bertz CT molecular complexity index is 173. The second kappa shape index (κ2) is 3.15. The molecule has 0 aliphatic carbocycles. The van der Waals surface area contributed by atoms with Gasteiger partial charge in [0.25, 0.3) is 0 Å². The molecule has 1 spiro atoms. The molecule has 0 N–H and O–H groups in total. The molecular formula is C9H14O3. The molecule has 3 nitrogen and oxygen atoms in total. The van der Waals surface area contributed by atoms with Crippen LogP contribution in [0, 0.1) is 0 Å². The third-order valence-electron chi connectivity index (χ3n) is 2.64. The van der Waals surface area contributed by atoms with Crippen molar-refractivity contribution in [3.8, 4) is 0 Å². The van der Waals surface area contributed by atoms with Gasteiger partial charge >= 0.3 is 0 Å². The van der Waals surface area contributed by atoms with Gasteiger partial charge in [-0.1, -0.05) is 0 Å². The highest BCUT2D eigenvalue weighted by Gasteiger charge is 2.42. The molecule has 0 aromatic carbocycles. The standard InChI is InChI=1S/C9H14O3/c10-7-8-3-5-9(12-8)4-1-2-6-11-9/h7-8H,1-6H2/t8-,9-/m1/s1. The van der Waals surface area contributed by atoms with Crippen molar-refractivity contribution in [3.05, 3.63) is 0 Å². The lowest BCUT2D eigenvalue weighted by molar-refractivity contribution is -0.240. The molecule has 3 heteroatoms. The molecule has 2 aliphatic rings. The van der Waals surface area contributed by atoms with Crippen molar-refractivity contribution in [1.29, 1.82) is 0 Å². The van der Waals surface area contributed by atoms with Gasteiger partial charge in [-0.05, 0) is 19.3 Å². The molecule has 12 heavy (non-hydrogen) atoms. The molecule has 0 bridgehead atoms. The van der Waals surface area contributed by atoms with Crippen molar-refractivity contribution in [2.24, 2.45) is 0 Å². The van der Waals surface area contributed by atoms with Crippen LogP contribution in [0.3, 0.4) is 0 Å². The van der Waals surface area contributed by atoms with Gasteiger partial charge in [-0.25, -0.2) is 0 Å². The summed E-state index contributed by atoms with van der Waals surface area (Å²) in [5.74, 6) is -0.385. The van der Waals surface area contributed by atoms with E-state index < -0.39 is 0 Å². The summed E-state index contributed by atoms with van der Waals surface area (Å²) in [7, 11) is 0. The fraction of sp³-hybridized carbons (Fsp3) is 0.889. The SMILES string of the molecule is O=C[C@H]1CC[C@@]2(CCCCO2)O1. The number of hydrogen-bond acceptors (Lipinski definition) is 3. The molecule has 2 heterocycles. The van der Waals surface area contributed by atoms with Gasteiger partial charge in [-0.2, -0.15) is 0 Å². The highest BCUT2D eigenvalue weighted by atomic mass is 16.7. The molecule has 2 fully saturated rings. The fourth-order valence-electron chi connectivity index (χ4n) is 1.97. The molecule has 2 aliphatic heterocycles. The van der Waals surface area contributed by atoms with Crippen LogP contribution in [0.25, 0.3) is 0 Å². The first-order chi connectivity index (χ1) is 5.85. The van der Waals surface area contributed by atoms with Gasteiger partial charge < -0.3 is 14.3 Å². The van der Waals surface area contributed by atoms with E-state index in [1.54, 1.807) is 0 Å². The average Bonchev–Trinajstić information content (AvgIpc) is 2.50. The Morgan fingerprint density at radius 1 is 1.33 bits per heavy atom. The Morgan fingerprint density at radius 3 is 2.83 bits per heavy atom. The topological polar surface area (TPSA) is 35.5 Å². The number of rotatable bonds is 1. The van der Waals surface area contributed by atoms with E-state index in [-0.39, 0.29) is 11.9 Å². The maximum Gasteiger partial charge on any atom is 0.169 e. The molecule has 2 rings (SSSR count). The first-order valence-electron chi connectivity index (χ1n) is 4.62. The van der Waals surface area contributed by atoms with Gasteiger partial charge in [0, 0.05) is 12.8 Å².